The molecule has 1 aromatic heterocycles. The lowest BCUT2D eigenvalue weighted by molar-refractivity contribution is 0.0935. The first-order valence-electron chi connectivity index (χ1n) is 14.9. The van der Waals surface area contributed by atoms with Crippen LogP contribution in [0.15, 0.2) is 133 Å². The van der Waals surface area contributed by atoms with Crippen LogP contribution in [0.2, 0.25) is 0 Å². The first-order chi connectivity index (χ1) is 21.5. The van der Waals surface area contributed by atoms with Crippen LogP contribution in [0.5, 0.6) is 0 Å². The molecule has 8 rings (SSSR count). The molecule has 44 heavy (non-hydrogen) atoms. The SMILES string of the molecule is Cc1ccc(-c2ccc3c4ccccc4n(-c4cccc5c4C(=O)N(c4cccc(-c6ccccc6)c4)C5O)c3c2)c(C)c1. The number of aliphatic hydroxyl groups is 1. The van der Waals surface area contributed by atoms with Gasteiger partial charge in [-0.1, -0.05) is 109 Å². The number of benzene rings is 6. The maximum Gasteiger partial charge on any atom is 0.263 e. The lowest BCUT2D eigenvalue weighted by Crippen LogP contribution is -2.27. The van der Waals surface area contributed by atoms with Gasteiger partial charge >= 0.3 is 0 Å². The molecular formula is C40H30N2O2. The van der Waals surface area contributed by atoms with Crippen LogP contribution in [-0.4, -0.2) is 15.6 Å². The number of aryl methyl sites for hydroxylation is 2. The van der Waals surface area contributed by atoms with E-state index in [1.54, 1.807) is 0 Å². The van der Waals surface area contributed by atoms with Crippen LogP contribution < -0.4 is 4.90 Å². The maximum absolute atomic E-state index is 14.4. The molecule has 1 unspecified atom stereocenters. The summed E-state index contributed by atoms with van der Waals surface area (Å²) in [7, 11) is 0. The Morgan fingerprint density at radius 1 is 0.614 bits per heavy atom. The van der Waals surface area contributed by atoms with Crippen molar-refractivity contribution in [1.29, 1.82) is 0 Å². The highest BCUT2D eigenvalue weighted by Gasteiger charge is 2.39. The molecule has 1 atom stereocenters. The van der Waals surface area contributed by atoms with Gasteiger partial charge in [-0.05, 0) is 72.0 Å². The van der Waals surface area contributed by atoms with Gasteiger partial charge in [-0.3, -0.25) is 9.69 Å². The molecule has 4 nitrogen and oxygen atoms in total. The second-order valence-electron chi connectivity index (χ2n) is 11.6. The van der Waals surface area contributed by atoms with Crippen LogP contribution in [0.1, 0.15) is 33.3 Å². The van der Waals surface area contributed by atoms with Crippen LogP contribution >= 0.6 is 0 Å². The fraction of sp³-hybridized carbons (Fsp3) is 0.0750. The summed E-state index contributed by atoms with van der Waals surface area (Å²) >= 11 is 0. The second kappa shape index (κ2) is 10.1. The van der Waals surface area contributed by atoms with Crippen LogP contribution in [0, 0.1) is 13.8 Å². The molecule has 0 saturated heterocycles. The lowest BCUT2D eigenvalue weighted by Gasteiger charge is -2.21. The van der Waals surface area contributed by atoms with E-state index < -0.39 is 6.23 Å². The average Bonchev–Trinajstić information content (AvgIpc) is 3.52. The molecule has 1 aliphatic heterocycles. The second-order valence-corrected chi connectivity index (χ2v) is 11.6. The van der Waals surface area contributed by atoms with Crippen LogP contribution in [0.25, 0.3) is 49.7 Å². The summed E-state index contributed by atoms with van der Waals surface area (Å²) in [5, 5.41) is 13.8. The summed E-state index contributed by atoms with van der Waals surface area (Å²) in [6.07, 6.45) is -1.10. The fourth-order valence-corrected chi connectivity index (χ4v) is 6.82. The zero-order chi connectivity index (χ0) is 29.9. The lowest BCUT2D eigenvalue weighted by atomic mass is 9.97. The highest BCUT2D eigenvalue weighted by molar-refractivity contribution is 6.16. The highest BCUT2D eigenvalue weighted by atomic mass is 16.3. The number of carbonyl (C=O) groups excluding carboxylic acids is 1. The molecule has 0 saturated carbocycles. The van der Waals surface area contributed by atoms with E-state index >= 15 is 0 Å². The van der Waals surface area contributed by atoms with E-state index in [1.165, 1.54) is 21.6 Å². The van der Waals surface area contributed by atoms with Crippen molar-refractivity contribution in [3.8, 4) is 27.9 Å². The Morgan fingerprint density at radius 2 is 1.36 bits per heavy atom. The van der Waals surface area contributed by atoms with E-state index in [4.69, 9.17) is 0 Å². The molecule has 2 heterocycles. The largest absolute Gasteiger partial charge is 0.369 e. The topological polar surface area (TPSA) is 45.5 Å². The van der Waals surface area contributed by atoms with Crippen molar-refractivity contribution in [2.45, 2.75) is 20.1 Å². The Hall–Kier alpha value is -5.45. The van der Waals surface area contributed by atoms with Gasteiger partial charge in [-0.2, -0.15) is 0 Å². The van der Waals surface area contributed by atoms with Gasteiger partial charge in [-0.25, -0.2) is 0 Å². The van der Waals surface area contributed by atoms with Crippen molar-refractivity contribution in [2.75, 3.05) is 4.90 Å². The van der Waals surface area contributed by atoms with Crippen molar-refractivity contribution < 1.29 is 9.90 Å². The van der Waals surface area contributed by atoms with Crippen molar-refractivity contribution in [3.63, 3.8) is 0 Å². The number of anilines is 1. The smallest absolute Gasteiger partial charge is 0.263 e. The number of para-hydroxylation sites is 1. The summed E-state index contributed by atoms with van der Waals surface area (Å²) in [6.45, 7) is 4.26. The molecule has 1 aliphatic rings. The number of fused-ring (bicyclic) bond motifs is 4. The molecule has 0 radical (unpaired) electrons. The summed E-state index contributed by atoms with van der Waals surface area (Å²) in [6, 6.07) is 45.1. The van der Waals surface area contributed by atoms with Gasteiger partial charge in [0.05, 0.1) is 22.3 Å². The standard InChI is InChI=1S/C40H30N2O2/c1-25-18-20-31(26(2)22-25)29-19-21-33-32-14-6-7-16-35(32)42(37(33)24-29)36-17-9-15-34-38(36)40(44)41(39(34)43)30-13-8-12-28(23-30)27-10-4-3-5-11-27/h3-24,39,43H,1-2H3. The first kappa shape index (κ1) is 26.2. The molecule has 0 aliphatic carbocycles. The third-order valence-electron chi connectivity index (χ3n) is 8.87. The van der Waals surface area contributed by atoms with Crippen LogP contribution in [0.3, 0.4) is 0 Å². The number of amides is 1. The van der Waals surface area contributed by atoms with Crippen molar-refractivity contribution >= 4 is 33.4 Å². The highest BCUT2D eigenvalue weighted by Crippen LogP contribution is 2.42. The molecule has 1 amide bonds. The van der Waals surface area contributed by atoms with E-state index in [0.29, 0.717) is 16.8 Å². The van der Waals surface area contributed by atoms with Crippen LogP contribution in [0.4, 0.5) is 5.69 Å². The van der Waals surface area contributed by atoms with Crippen molar-refractivity contribution in [3.05, 3.63) is 156 Å². The predicted octanol–water partition coefficient (Wildman–Crippen LogP) is 9.39. The zero-order valence-corrected chi connectivity index (χ0v) is 24.5. The van der Waals surface area contributed by atoms with E-state index in [-0.39, 0.29) is 5.91 Å². The Kier molecular flexibility index (Phi) is 6.00. The molecule has 0 fully saturated rings. The Labute approximate surface area is 256 Å². The normalized spacial score (nSPS) is 14.5. The minimum absolute atomic E-state index is 0.218. The molecular weight excluding hydrogens is 540 g/mol. The predicted molar refractivity (Wildman–Crippen MR) is 179 cm³/mol. The Morgan fingerprint density at radius 3 is 2.20 bits per heavy atom. The fourth-order valence-electron chi connectivity index (χ4n) is 6.82. The average molecular weight is 571 g/mol. The van der Waals surface area contributed by atoms with Gasteiger partial charge in [0, 0.05) is 22.0 Å². The third kappa shape index (κ3) is 3.99. The summed E-state index contributed by atoms with van der Waals surface area (Å²) in [5.41, 5.74) is 11.4. The molecule has 212 valence electrons. The Balaban J connectivity index is 1.32. The molecule has 0 spiro atoms. The van der Waals surface area contributed by atoms with E-state index in [9.17, 15) is 9.90 Å². The number of hydrogen-bond acceptors (Lipinski definition) is 2. The van der Waals surface area contributed by atoms with Gasteiger partial charge in [0.1, 0.15) is 0 Å². The Bertz CT molecular complexity index is 2250. The number of nitrogens with zero attached hydrogens (tertiary/aromatic N) is 2. The number of carbonyl (C=O) groups is 1. The van der Waals surface area contributed by atoms with E-state index in [2.05, 4.69) is 73.0 Å². The third-order valence-corrected chi connectivity index (χ3v) is 8.87. The zero-order valence-electron chi connectivity index (χ0n) is 24.5. The monoisotopic (exact) mass is 570 g/mol. The summed E-state index contributed by atoms with van der Waals surface area (Å²) in [4.78, 5) is 15.9. The maximum atomic E-state index is 14.4. The van der Waals surface area contributed by atoms with Gasteiger partial charge < -0.3 is 9.67 Å². The van der Waals surface area contributed by atoms with E-state index in [1.807, 2.05) is 78.9 Å². The molecule has 4 heteroatoms. The minimum atomic E-state index is -1.10. The summed E-state index contributed by atoms with van der Waals surface area (Å²) < 4.78 is 2.19. The number of aromatic nitrogens is 1. The van der Waals surface area contributed by atoms with Crippen LogP contribution in [-0.2, 0) is 0 Å². The van der Waals surface area contributed by atoms with Gasteiger partial charge in [-0.15, -0.1) is 0 Å². The number of hydrogen-bond donors (Lipinski definition) is 1. The van der Waals surface area contributed by atoms with Crippen molar-refractivity contribution in [1.82, 2.24) is 4.57 Å². The molecule has 1 N–H and O–H groups in total. The molecule has 6 aromatic carbocycles. The quantitative estimate of drug-likeness (QED) is 0.229. The number of rotatable bonds is 4. The van der Waals surface area contributed by atoms with Crippen molar-refractivity contribution in [2.24, 2.45) is 0 Å². The number of aliphatic hydroxyl groups excluding tert-OH is 1. The first-order valence-corrected chi connectivity index (χ1v) is 14.9. The van der Waals surface area contributed by atoms with Gasteiger partial charge in [0.25, 0.3) is 5.91 Å². The van der Waals surface area contributed by atoms with Gasteiger partial charge in [0.2, 0.25) is 0 Å². The van der Waals surface area contributed by atoms with Gasteiger partial charge in [0.15, 0.2) is 6.23 Å². The molecule has 7 aromatic rings. The van der Waals surface area contributed by atoms with E-state index in [0.717, 1.165) is 44.2 Å². The minimum Gasteiger partial charge on any atom is -0.369 e. The molecule has 0 bridgehead atoms. The summed E-state index contributed by atoms with van der Waals surface area (Å²) in [5.74, 6) is -0.218.